The third-order valence-corrected chi connectivity index (χ3v) is 5.42. The standard InChI is InChI=1S/C21H21N3O2S/c22-11-5-13-27-19-9-2-1-8-18(19)23-21(26)17-7-3-6-16(14-17)15-24-12-4-10-20(24)25/h1-3,6-9,14H,4-5,10,12-13,15H2,(H,23,26). The van der Waals surface area contributed by atoms with Crippen molar-refractivity contribution in [1.29, 1.82) is 5.26 Å². The molecule has 0 saturated carbocycles. The summed E-state index contributed by atoms with van der Waals surface area (Å²) in [6.07, 6.45) is 1.98. The highest BCUT2D eigenvalue weighted by molar-refractivity contribution is 7.99. The van der Waals surface area contributed by atoms with Crippen LogP contribution in [0, 0.1) is 11.3 Å². The van der Waals surface area contributed by atoms with E-state index < -0.39 is 0 Å². The molecule has 5 nitrogen and oxygen atoms in total. The second-order valence-corrected chi connectivity index (χ2v) is 7.46. The number of rotatable bonds is 7. The zero-order valence-corrected chi connectivity index (χ0v) is 15.8. The summed E-state index contributed by atoms with van der Waals surface area (Å²) < 4.78 is 0. The van der Waals surface area contributed by atoms with E-state index in [0.717, 1.165) is 29.1 Å². The molecule has 1 aliphatic rings. The molecular weight excluding hydrogens is 358 g/mol. The van der Waals surface area contributed by atoms with Crippen LogP contribution in [0.25, 0.3) is 0 Å². The van der Waals surface area contributed by atoms with Gasteiger partial charge in [0.2, 0.25) is 5.91 Å². The normalized spacial score (nSPS) is 13.4. The molecule has 27 heavy (non-hydrogen) atoms. The molecule has 138 valence electrons. The first-order valence-corrected chi connectivity index (χ1v) is 9.93. The Balaban J connectivity index is 1.69. The van der Waals surface area contributed by atoms with Crippen molar-refractivity contribution in [2.75, 3.05) is 17.6 Å². The van der Waals surface area contributed by atoms with Crippen molar-refractivity contribution in [2.24, 2.45) is 0 Å². The Hall–Kier alpha value is -2.78. The highest BCUT2D eigenvalue weighted by Gasteiger charge is 2.20. The van der Waals surface area contributed by atoms with Gasteiger partial charge in [-0.1, -0.05) is 24.3 Å². The lowest BCUT2D eigenvalue weighted by atomic mass is 10.1. The minimum Gasteiger partial charge on any atom is -0.338 e. The van der Waals surface area contributed by atoms with E-state index >= 15 is 0 Å². The molecule has 1 aliphatic heterocycles. The molecule has 2 aromatic rings. The SMILES string of the molecule is N#CCCSc1ccccc1NC(=O)c1cccc(CN2CCCC2=O)c1. The summed E-state index contributed by atoms with van der Waals surface area (Å²) >= 11 is 1.55. The van der Waals surface area contributed by atoms with E-state index in [1.807, 2.05) is 47.4 Å². The number of hydrogen-bond acceptors (Lipinski definition) is 4. The molecule has 0 unspecified atom stereocenters. The van der Waals surface area contributed by atoms with Gasteiger partial charge >= 0.3 is 0 Å². The number of thioether (sulfide) groups is 1. The summed E-state index contributed by atoms with van der Waals surface area (Å²) in [6.45, 7) is 1.32. The monoisotopic (exact) mass is 379 g/mol. The molecule has 0 bridgehead atoms. The lowest BCUT2D eigenvalue weighted by molar-refractivity contribution is -0.128. The largest absolute Gasteiger partial charge is 0.338 e. The van der Waals surface area contributed by atoms with Crippen molar-refractivity contribution < 1.29 is 9.59 Å². The fourth-order valence-electron chi connectivity index (χ4n) is 3.00. The van der Waals surface area contributed by atoms with Crippen LogP contribution in [0.4, 0.5) is 5.69 Å². The predicted molar refractivity (Wildman–Crippen MR) is 106 cm³/mol. The second-order valence-electron chi connectivity index (χ2n) is 6.33. The van der Waals surface area contributed by atoms with Gasteiger partial charge in [-0.15, -0.1) is 11.8 Å². The van der Waals surface area contributed by atoms with Crippen molar-refractivity contribution in [3.05, 3.63) is 59.7 Å². The van der Waals surface area contributed by atoms with Gasteiger partial charge in [0, 0.05) is 42.1 Å². The van der Waals surface area contributed by atoms with Crippen LogP contribution in [0.1, 0.15) is 35.2 Å². The molecule has 0 aromatic heterocycles. The van der Waals surface area contributed by atoms with E-state index in [1.165, 1.54) is 0 Å². The van der Waals surface area contributed by atoms with Crippen LogP contribution >= 0.6 is 11.8 Å². The fourth-order valence-corrected chi connectivity index (χ4v) is 3.86. The van der Waals surface area contributed by atoms with Crippen LogP contribution in [0.15, 0.2) is 53.4 Å². The number of nitrogens with zero attached hydrogens (tertiary/aromatic N) is 2. The Labute approximate surface area is 163 Å². The van der Waals surface area contributed by atoms with Crippen LogP contribution in [0.3, 0.4) is 0 Å². The average molecular weight is 379 g/mol. The van der Waals surface area contributed by atoms with Crippen molar-refractivity contribution in [3.8, 4) is 6.07 Å². The summed E-state index contributed by atoms with van der Waals surface area (Å²) in [4.78, 5) is 27.3. The minimum absolute atomic E-state index is 0.174. The molecule has 0 aliphatic carbocycles. The molecule has 1 fully saturated rings. The van der Waals surface area contributed by atoms with Gasteiger partial charge in [-0.3, -0.25) is 9.59 Å². The summed E-state index contributed by atoms with van der Waals surface area (Å²) in [5.74, 6) is 0.675. The maximum absolute atomic E-state index is 12.7. The Morgan fingerprint density at radius 1 is 1.22 bits per heavy atom. The van der Waals surface area contributed by atoms with Gasteiger partial charge in [0.05, 0.1) is 11.8 Å². The van der Waals surface area contributed by atoms with Gasteiger partial charge in [-0.25, -0.2) is 0 Å². The molecule has 0 spiro atoms. The van der Waals surface area contributed by atoms with Gasteiger partial charge in [0.1, 0.15) is 0 Å². The van der Waals surface area contributed by atoms with Crippen LogP contribution < -0.4 is 5.32 Å². The summed E-state index contributed by atoms with van der Waals surface area (Å²) in [5.41, 5.74) is 2.26. The van der Waals surface area contributed by atoms with E-state index in [1.54, 1.807) is 17.8 Å². The molecule has 1 heterocycles. The van der Waals surface area contributed by atoms with E-state index in [-0.39, 0.29) is 11.8 Å². The van der Waals surface area contributed by atoms with Crippen molar-refractivity contribution in [2.45, 2.75) is 30.7 Å². The zero-order chi connectivity index (χ0) is 19.1. The Morgan fingerprint density at radius 2 is 2.07 bits per heavy atom. The van der Waals surface area contributed by atoms with Gasteiger partial charge in [-0.2, -0.15) is 5.26 Å². The second kappa shape index (κ2) is 9.24. The third-order valence-electron chi connectivity index (χ3n) is 4.34. The van der Waals surface area contributed by atoms with Crippen molar-refractivity contribution in [1.82, 2.24) is 4.90 Å². The maximum atomic E-state index is 12.7. The first kappa shape index (κ1) is 19.0. The summed E-state index contributed by atoms with van der Waals surface area (Å²) in [7, 11) is 0. The number of amides is 2. The zero-order valence-electron chi connectivity index (χ0n) is 15.0. The Kier molecular flexibility index (Phi) is 6.50. The van der Waals surface area contributed by atoms with E-state index in [4.69, 9.17) is 5.26 Å². The lowest BCUT2D eigenvalue weighted by Gasteiger charge is -2.16. The molecule has 0 radical (unpaired) electrons. The van der Waals surface area contributed by atoms with E-state index in [2.05, 4.69) is 11.4 Å². The van der Waals surface area contributed by atoms with E-state index in [0.29, 0.717) is 30.7 Å². The number of likely N-dealkylation sites (tertiary alicyclic amines) is 1. The maximum Gasteiger partial charge on any atom is 0.255 e. The Bertz CT molecular complexity index is 876. The number of carbonyl (C=O) groups is 2. The molecule has 1 saturated heterocycles. The quantitative estimate of drug-likeness (QED) is 0.581. The van der Waals surface area contributed by atoms with Crippen LogP contribution in [-0.4, -0.2) is 29.0 Å². The number of benzene rings is 2. The van der Waals surface area contributed by atoms with Crippen LogP contribution in [-0.2, 0) is 11.3 Å². The molecule has 0 atom stereocenters. The van der Waals surface area contributed by atoms with Crippen LogP contribution in [0.2, 0.25) is 0 Å². The molecule has 6 heteroatoms. The smallest absolute Gasteiger partial charge is 0.255 e. The van der Waals surface area contributed by atoms with Gasteiger partial charge < -0.3 is 10.2 Å². The van der Waals surface area contributed by atoms with Gasteiger partial charge in [0.15, 0.2) is 0 Å². The highest BCUT2D eigenvalue weighted by atomic mass is 32.2. The first-order valence-electron chi connectivity index (χ1n) is 8.94. The Morgan fingerprint density at radius 3 is 2.85 bits per heavy atom. The predicted octanol–water partition coefficient (Wildman–Crippen LogP) is 4.07. The van der Waals surface area contributed by atoms with Crippen molar-refractivity contribution >= 4 is 29.3 Å². The van der Waals surface area contributed by atoms with Gasteiger partial charge in [0.25, 0.3) is 5.91 Å². The fraction of sp³-hybridized carbons (Fsp3) is 0.286. The number of hydrogen-bond donors (Lipinski definition) is 1. The number of nitriles is 1. The number of carbonyl (C=O) groups excluding carboxylic acids is 2. The lowest BCUT2D eigenvalue weighted by Crippen LogP contribution is -2.24. The molecule has 1 N–H and O–H groups in total. The molecule has 2 amide bonds. The number of nitrogens with one attached hydrogen (secondary N) is 1. The average Bonchev–Trinajstić information content (AvgIpc) is 3.08. The van der Waals surface area contributed by atoms with Crippen molar-refractivity contribution in [3.63, 3.8) is 0 Å². The molecule has 2 aromatic carbocycles. The summed E-state index contributed by atoms with van der Waals surface area (Å²) in [6, 6.07) is 17.1. The molecule has 3 rings (SSSR count). The topological polar surface area (TPSA) is 73.2 Å². The number of para-hydroxylation sites is 1. The third kappa shape index (κ3) is 5.11. The van der Waals surface area contributed by atoms with Gasteiger partial charge in [-0.05, 0) is 36.2 Å². The first-order chi connectivity index (χ1) is 13.2. The summed E-state index contributed by atoms with van der Waals surface area (Å²) in [5, 5.41) is 11.7. The highest BCUT2D eigenvalue weighted by Crippen LogP contribution is 2.28. The van der Waals surface area contributed by atoms with Crippen LogP contribution in [0.5, 0.6) is 0 Å². The van der Waals surface area contributed by atoms with E-state index in [9.17, 15) is 9.59 Å². The molecular formula is C21H21N3O2S. The minimum atomic E-state index is -0.182. The number of anilines is 1.